The molecule has 124 valence electrons. The molecule has 6 nitrogen and oxygen atoms in total. The van der Waals surface area contributed by atoms with E-state index in [9.17, 15) is 14.9 Å². The number of carbonyl (C=O) groups is 1. The van der Waals surface area contributed by atoms with Crippen LogP contribution in [0.2, 0.25) is 0 Å². The molecule has 0 saturated carbocycles. The van der Waals surface area contributed by atoms with E-state index in [1.165, 1.54) is 17.7 Å². The predicted octanol–water partition coefficient (Wildman–Crippen LogP) is 4.27. The molecule has 1 atom stereocenters. The summed E-state index contributed by atoms with van der Waals surface area (Å²) in [5.74, 6) is 0. The summed E-state index contributed by atoms with van der Waals surface area (Å²) in [6, 6.07) is 14.0. The largest absolute Gasteiger partial charge is 0.322 e. The zero-order valence-corrected chi connectivity index (χ0v) is 13.4. The topological polar surface area (TPSA) is 75.5 Å². The minimum atomic E-state index is -0.458. The summed E-state index contributed by atoms with van der Waals surface area (Å²) in [5, 5.41) is 13.5. The monoisotopic (exact) mass is 325 g/mol. The van der Waals surface area contributed by atoms with Gasteiger partial charge >= 0.3 is 6.03 Å². The van der Waals surface area contributed by atoms with Crippen LogP contribution in [0.25, 0.3) is 0 Å². The maximum absolute atomic E-state index is 12.6. The Morgan fingerprint density at radius 1 is 1.25 bits per heavy atom. The maximum atomic E-state index is 12.6. The normalized spacial score (nSPS) is 16.9. The summed E-state index contributed by atoms with van der Waals surface area (Å²) in [7, 11) is 0. The Kier molecular flexibility index (Phi) is 4.46. The number of aryl methyl sites for hydroxylation is 1. The van der Waals surface area contributed by atoms with Crippen LogP contribution in [0.15, 0.2) is 48.5 Å². The number of nitrogens with one attached hydrogen (secondary N) is 1. The molecule has 0 spiro atoms. The van der Waals surface area contributed by atoms with Crippen molar-refractivity contribution in [2.75, 3.05) is 11.9 Å². The molecule has 0 aliphatic carbocycles. The second kappa shape index (κ2) is 6.70. The van der Waals surface area contributed by atoms with Gasteiger partial charge in [0.1, 0.15) is 0 Å². The van der Waals surface area contributed by atoms with Crippen LogP contribution in [0.1, 0.15) is 30.0 Å². The highest BCUT2D eigenvalue weighted by Crippen LogP contribution is 2.32. The third kappa shape index (κ3) is 3.37. The number of hydrogen-bond acceptors (Lipinski definition) is 3. The van der Waals surface area contributed by atoms with E-state index in [1.54, 1.807) is 12.1 Å². The number of urea groups is 1. The molecule has 6 heteroatoms. The second-order valence-corrected chi connectivity index (χ2v) is 6.00. The Morgan fingerprint density at radius 2 is 2.00 bits per heavy atom. The van der Waals surface area contributed by atoms with Crippen molar-refractivity contribution >= 4 is 17.4 Å². The average Bonchev–Trinajstić information content (AvgIpc) is 3.05. The molecule has 1 fully saturated rings. The van der Waals surface area contributed by atoms with Crippen molar-refractivity contribution in [2.45, 2.75) is 25.8 Å². The maximum Gasteiger partial charge on any atom is 0.322 e. The van der Waals surface area contributed by atoms with Gasteiger partial charge < -0.3 is 10.2 Å². The molecule has 2 amide bonds. The van der Waals surface area contributed by atoms with Gasteiger partial charge in [0.05, 0.1) is 11.0 Å². The summed E-state index contributed by atoms with van der Waals surface area (Å²) in [4.78, 5) is 24.6. The van der Waals surface area contributed by atoms with E-state index in [0.717, 1.165) is 18.4 Å². The van der Waals surface area contributed by atoms with Gasteiger partial charge in [0.2, 0.25) is 0 Å². The zero-order chi connectivity index (χ0) is 17.1. The van der Waals surface area contributed by atoms with E-state index >= 15 is 0 Å². The molecule has 2 aromatic carbocycles. The van der Waals surface area contributed by atoms with Crippen LogP contribution in [0.5, 0.6) is 0 Å². The molecule has 1 N–H and O–H groups in total. The number of benzene rings is 2. The first kappa shape index (κ1) is 16.0. The smallest absolute Gasteiger partial charge is 0.317 e. The van der Waals surface area contributed by atoms with Crippen molar-refractivity contribution in [3.63, 3.8) is 0 Å². The summed E-state index contributed by atoms with van der Waals surface area (Å²) in [6.07, 6.45) is 1.91. The van der Waals surface area contributed by atoms with Gasteiger partial charge in [-0.25, -0.2) is 4.79 Å². The lowest BCUT2D eigenvalue weighted by atomic mass is 10.0. The number of hydrogen-bond donors (Lipinski definition) is 1. The number of rotatable bonds is 3. The molecule has 3 rings (SSSR count). The second-order valence-electron chi connectivity index (χ2n) is 6.00. The van der Waals surface area contributed by atoms with E-state index in [0.29, 0.717) is 12.2 Å². The van der Waals surface area contributed by atoms with Crippen LogP contribution < -0.4 is 5.32 Å². The van der Waals surface area contributed by atoms with Crippen molar-refractivity contribution in [1.29, 1.82) is 0 Å². The van der Waals surface area contributed by atoms with Crippen LogP contribution in [0.3, 0.4) is 0 Å². The Morgan fingerprint density at radius 3 is 2.67 bits per heavy atom. The Bertz CT molecular complexity index is 758. The van der Waals surface area contributed by atoms with Gasteiger partial charge in [0.15, 0.2) is 0 Å². The van der Waals surface area contributed by atoms with Gasteiger partial charge in [-0.1, -0.05) is 29.8 Å². The predicted molar refractivity (Wildman–Crippen MR) is 92.0 cm³/mol. The van der Waals surface area contributed by atoms with Crippen LogP contribution in [0, 0.1) is 17.0 Å². The van der Waals surface area contributed by atoms with Gasteiger partial charge in [-0.2, -0.15) is 0 Å². The number of anilines is 1. The van der Waals surface area contributed by atoms with Gasteiger partial charge in [0.25, 0.3) is 5.69 Å². The van der Waals surface area contributed by atoms with Crippen molar-refractivity contribution in [2.24, 2.45) is 0 Å². The highest BCUT2D eigenvalue weighted by molar-refractivity contribution is 5.90. The number of nitro groups is 1. The molecule has 1 unspecified atom stereocenters. The van der Waals surface area contributed by atoms with Gasteiger partial charge in [-0.15, -0.1) is 0 Å². The molecular formula is C18H19N3O3. The fourth-order valence-corrected chi connectivity index (χ4v) is 3.10. The van der Waals surface area contributed by atoms with E-state index in [-0.39, 0.29) is 17.8 Å². The molecule has 1 aliphatic heterocycles. The summed E-state index contributed by atoms with van der Waals surface area (Å²) < 4.78 is 0. The SMILES string of the molecule is Cc1cccc(C2CCCN2C(=O)Nc2ccc([N+](=O)[O-])cc2)c1. The average molecular weight is 325 g/mol. The number of likely N-dealkylation sites (tertiary alicyclic amines) is 1. The molecular weight excluding hydrogens is 306 g/mol. The van der Waals surface area contributed by atoms with E-state index in [4.69, 9.17) is 0 Å². The Labute approximate surface area is 140 Å². The highest BCUT2D eigenvalue weighted by atomic mass is 16.6. The Balaban J connectivity index is 1.72. The van der Waals surface area contributed by atoms with Gasteiger partial charge in [-0.05, 0) is 37.5 Å². The van der Waals surface area contributed by atoms with E-state index < -0.39 is 4.92 Å². The highest BCUT2D eigenvalue weighted by Gasteiger charge is 2.30. The van der Waals surface area contributed by atoms with Crippen molar-refractivity contribution in [3.05, 3.63) is 69.8 Å². The number of amides is 2. The number of carbonyl (C=O) groups excluding carboxylic acids is 1. The molecule has 1 heterocycles. The molecule has 0 aromatic heterocycles. The lowest BCUT2D eigenvalue weighted by molar-refractivity contribution is -0.384. The summed E-state index contributed by atoms with van der Waals surface area (Å²) in [6.45, 7) is 2.75. The van der Waals surface area contributed by atoms with Gasteiger partial charge in [0, 0.05) is 24.4 Å². The molecule has 0 radical (unpaired) electrons. The van der Waals surface area contributed by atoms with Gasteiger partial charge in [-0.3, -0.25) is 10.1 Å². The minimum Gasteiger partial charge on any atom is -0.317 e. The first-order valence-electron chi connectivity index (χ1n) is 7.93. The molecule has 2 aromatic rings. The van der Waals surface area contributed by atoms with E-state index in [1.807, 2.05) is 24.0 Å². The van der Waals surface area contributed by atoms with Crippen LogP contribution in [-0.2, 0) is 0 Å². The van der Waals surface area contributed by atoms with Crippen molar-refractivity contribution in [1.82, 2.24) is 4.90 Å². The number of nitro benzene ring substituents is 1. The molecule has 24 heavy (non-hydrogen) atoms. The fraction of sp³-hybridized carbons (Fsp3) is 0.278. The quantitative estimate of drug-likeness (QED) is 0.676. The first-order chi connectivity index (χ1) is 11.5. The van der Waals surface area contributed by atoms with Crippen LogP contribution in [-0.4, -0.2) is 22.4 Å². The summed E-state index contributed by atoms with van der Waals surface area (Å²) in [5.41, 5.74) is 2.88. The molecule has 1 saturated heterocycles. The minimum absolute atomic E-state index is 0.00630. The van der Waals surface area contributed by atoms with E-state index in [2.05, 4.69) is 17.4 Å². The lowest BCUT2D eigenvalue weighted by Gasteiger charge is -2.25. The first-order valence-corrected chi connectivity index (χ1v) is 7.93. The standard InChI is InChI=1S/C18H19N3O3/c1-13-4-2-5-14(12-13)17-6-3-11-20(17)18(22)19-15-7-9-16(10-8-15)21(23)24/h2,4-5,7-10,12,17H,3,6,11H2,1H3,(H,19,22). The van der Waals surface area contributed by atoms with Crippen LogP contribution in [0.4, 0.5) is 16.2 Å². The van der Waals surface area contributed by atoms with Crippen molar-refractivity contribution < 1.29 is 9.72 Å². The summed E-state index contributed by atoms with van der Waals surface area (Å²) >= 11 is 0. The fourth-order valence-electron chi connectivity index (χ4n) is 3.10. The molecule has 1 aliphatic rings. The van der Waals surface area contributed by atoms with Crippen molar-refractivity contribution in [3.8, 4) is 0 Å². The third-order valence-corrected chi connectivity index (χ3v) is 4.27. The molecule has 0 bridgehead atoms. The Hall–Kier alpha value is -2.89. The lowest BCUT2D eigenvalue weighted by Crippen LogP contribution is -2.34. The third-order valence-electron chi connectivity index (χ3n) is 4.27. The number of non-ortho nitro benzene ring substituents is 1. The number of nitrogens with zero attached hydrogens (tertiary/aromatic N) is 2. The van der Waals surface area contributed by atoms with Crippen LogP contribution >= 0.6 is 0 Å². The zero-order valence-electron chi connectivity index (χ0n) is 13.4.